The van der Waals surface area contributed by atoms with Gasteiger partial charge in [0.2, 0.25) is 0 Å². The van der Waals surface area contributed by atoms with Gasteiger partial charge in [0.1, 0.15) is 0 Å². The van der Waals surface area contributed by atoms with Crippen molar-refractivity contribution in [2.75, 3.05) is 33.7 Å². The Morgan fingerprint density at radius 1 is 1.33 bits per heavy atom. The molecule has 0 saturated heterocycles. The van der Waals surface area contributed by atoms with Crippen LogP contribution in [-0.4, -0.2) is 50.8 Å². The first kappa shape index (κ1) is 18.6. The Hall–Kier alpha value is -0.470. The van der Waals surface area contributed by atoms with Gasteiger partial charge in [-0.25, -0.2) is 0 Å². The molecule has 0 radical (unpaired) electrons. The fourth-order valence-corrected chi connectivity index (χ4v) is 4.18. The smallest absolute Gasteiger partial charge is 0.282 e. The molecule has 0 aliphatic carbocycles. The predicted molar refractivity (Wildman–Crippen MR) is 89.8 cm³/mol. The van der Waals surface area contributed by atoms with E-state index in [4.69, 9.17) is 0 Å². The van der Waals surface area contributed by atoms with Crippen molar-refractivity contribution in [3.05, 3.63) is 22.4 Å². The summed E-state index contributed by atoms with van der Waals surface area (Å²) in [6, 6.07) is 3.77. The molecule has 21 heavy (non-hydrogen) atoms. The van der Waals surface area contributed by atoms with Crippen LogP contribution in [0.25, 0.3) is 0 Å². The van der Waals surface area contributed by atoms with Gasteiger partial charge in [0.25, 0.3) is 10.2 Å². The maximum atomic E-state index is 12.5. The van der Waals surface area contributed by atoms with Crippen LogP contribution < -0.4 is 5.32 Å². The highest BCUT2D eigenvalue weighted by Crippen LogP contribution is 2.26. The minimum absolute atomic E-state index is 0.143. The molecule has 122 valence electrons. The summed E-state index contributed by atoms with van der Waals surface area (Å²) >= 11 is 1.58. The summed E-state index contributed by atoms with van der Waals surface area (Å²) in [5.41, 5.74) is 0. The van der Waals surface area contributed by atoms with Crippen LogP contribution >= 0.6 is 11.3 Å². The van der Waals surface area contributed by atoms with Crippen molar-refractivity contribution in [3.8, 4) is 0 Å². The van der Waals surface area contributed by atoms with Gasteiger partial charge in [-0.15, -0.1) is 11.3 Å². The molecule has 1 aromatic heterocycles. The molecule has 1 aromatic rings. The first-order valence-electron chi connectivity index (χ1n) is 7.34. The molecule has 1 heterocycles. The largest absolute Gasteiger partial charge is 0.317 e. The van der Waals surface area contributed by atoms with Gasteiger partial charge in [0, 0.05) is 25.5 Å². The first-order chi connectivity index (χ1) is 9.91. The Labute approximate surface area is 133 Å². The summed E-state index contributed by atoms with van der Waals surface area (Å²) in [5, 5.41) is 5.25. The van der Waals surface area contributed by atoms with E-state index in [0.29, 0.717) is 6.54 Å². The Bertz CT molecular complexity index is 488. The molecule has 0 spiro atoms. The number of thiophene rings is 1. The van der Waals surface area contributed by atoms with Gasteiger partial charge in [-0.1, -0.05) is 13.0 Å². The molecule has 1 rings (SSSR count). The van der Waals surface area contributed by atoms with Crippen LogP contribution in [0.3, 0.4) is 0 Å². The Morgan fingerprint density at radius 3 is 2.62 bits per heavy atom. The van der Waals surface area contributed by atoms with E-state index in [1.165, 1.54) is 8.61 Å². The highest BCUT2D eigenvalue weighted by atomic mass is 32.2. The Kier molecular flexibility index (Phi) is 7.83. The van der Waals surface area contributed by atoms with E-state index in [1.807, 2.05) is 24.4 Å². The molecular formula is C14H27N3O2S2. The molecule has 0 aliphatic rings. The lowest BCUT2D eigenvalue weighted by molar-refractivity contribution is 0.349. The second-order valence-electron chi connectivity index (χ2n) is 5.14. The third-order valence-electron chi connectivity index (χ3n) is 3.51. The third-order valence-corrected chi connectivity index (χ3v) is 6.57. The third kappa shape index (κ3) is 5.34. The fraction of sp³-hybridized carbons (Fsp3) is 0.714. The van der Waals surface area contributed by atoms with Crippen molar-refractivity contribution in [2.24, 2.45) is 0 Å². The van der Waals surface area contributed by atoms with Crippen molar-refractivity contribution in [3.63, 3.8) is 0 Å². The van der Waals surface area contributed by atoms with Crippen LogP contribution in [0.15, 0.2) is 17.5 Å². The van der Waals surface area contributed by atoms with E-state index in [1.54, 1.807) is 25.4 Å². The van der Waals surface area contributed by atoms with Crippen molar-refractivity contribution in [2.45, 2.75) is 32.7 Å². The molecule has 0 aromatic carbocycles. The summed E-state index contributed by atoms with van der Waals surface area (Å²) in [4.78, 5) is 1.05. The van der Waals surface area contributed by atoms with Gasteiger partial charge in [-0.05, 0) is 44.3 Å². The summed E-state index contributed by atoms with van der Waals surface area (Å²) in [7, 11) is -0.121. The molecule has 1 unspecified atom stereocenters. The normalized spacial score (nSPS) is 14.0. The van der Waals surface area contributed by atoms with Crippen LogP contribution in [-0.2, 0) is 10.2 Å². The van der Waals surface area contributed by atoms with Crippen LogP contribution in [0.1, 0.15) is 37.6 Å². The second kappa shape index (κ2) is 8.85. The van der Waals surface area contributed by atoms with Crippen LogP contribution in [0.4, 0.5) is 0 Å². The molecule has 1 N–H and O–H groups in total. The molecule has 1 atom stereocenters. The molecule has 0 amide bonds. The highest BCUT2D eigenvalue weighted by Gasteiger charge is 2.28. The lowest BCUT2D eigenvalue weighted by Gasteiger charge is -2.28. The van der Waals surface area contributed by atoms with E-state index in [0.717, 1.165) is 30.8 Å². The average Bonchev–Trinajstić information content (AvgIpc) is 2.99. The van der Waals surface area contributed by atoms with Crippen molar-refractivity contribution in [1.82, 2.24) is 13.9 Å². The van der Waals surface area contributed by atoms with E-state index in [2.05, 4.69) is 12.2 Å². The minimum atomic E-state index is -3.41. The van der Waals surface area contributed by atoms with Crippen molar-refractivity contribution in [1.29, 1.82) is 0 Å². The summed E-state index contributed by atoms with van der Waals surface area (Å²) < 4.78 is 27.9. The summed E-state index contributed by atoms with van der Waals surface area (Å²) in [5.74, 6) is 0. The topological polar surface area (TPSA) is 52.7 Å². The van der Waals surface area contributed by atoms with Gasteiger partial charge < -0.3 is 5.32 Å². The van der Waals surface area contributed by atoms with Crippen LogP contribution in [0, 0.1) is 0 Å². The molecule has 0 fully saturated rings. The second-order valence-corrected chi connectivity index (χ2v) is 8.21. The molecule has 0 bridgehead atoms. The number of hydrogen-bond acceptors (Lipinski definition) is 4. The van der Waals surface area contributed by atoms with Gasteiger partial charge in [-0.2, -0.15) is 17.0 Å². The SMILES string of the molecule is CCCNCCCN(C)S(=O)(=O)N(C)C(C)c1cccs1. The van der Waals surface area contributed by atoms with E-state index >= 15 is 0 Å². The molecule has 5 nitrogen and oxygen atoms in total. The Morgan fingerprint density at radius 2 is 2.05 bits per heavy atom. The van der Waals surface area contributed by atoms with Gasteiger partial charge in [0.05, 0.1) is 6.04 Å². The van der Waals surface area contributed by atoms with E-state index in [-0.39, 0.29) is 6.04 Å². The number of nitrogens with zero attached hydrogens (tertiary/aromatic N) is 2. The van der Waals surface area contributed by atoms with Crippen LogP contribution in [0.2, 0.25) is 0 Å². The average molecular weight is 334 g/mol. The number of rotatable bonds is 10. The predicted octanol–water partition coefficient (Wildman–Crippen LogP) is 2.31. The highest BCUT2D eigenvalue weighted by molar-refractivity contribution is 7.86. The molecule has 7 heteroatoms. The lowest BCUT2D eigenvalue weighted by Crippen LogP contribution is -2.41. The van der Waals surface area contributed by atoms with Crippen molar-refractivity contribution >= 4 is 21.5 Å². The monoisotopic (exact) mass is 333 g/mol. The van der Waals surface area contributed by atoms with Crippen LogP contribution in [0.5, 0.6) is 0 Å². The van der Waals surface area contributed by atoms with E-state index < -0.39 is 10.2 Å². The fourth-order valence-electron chi connectivity index (χ4n) is 1.97. The van der Waals surface area contributed by atoms with Gasteiger partial charge in [0.15, 0.2) is 0 Å². The van der Waals surface area contributed by atoms with Gasteiger partial charge >= 0.3 is 0 Å². The maximum Gasteiger partial charge on any atom is 0.282 e. The standard InChI is InChI=1S/C14H27N3O2S2/c1-5-9-15-10-7-11-16(3)21(18,19)17(4)13(2)14-8-6-12-20-14/h6,8,12-13,15H,5,7,9-11H2,1-4H3. The molecule has 0 saturated carbocycles. The lowest BCUT2D eigenvalue weighted by atomic mass is 10.3. The number of hydrogen-bond donors (Lipinski definition) is 1. The number of nitrogens with one attached hydrogen (secondary N) is 1. The zero-order valence-electron chi connectivity index (χ0n) is 13.4. The minimum Gasteiger partial charge on any atom is -0.317 e. The van der Waals surface area contributed by atoms with Gasteiger partial charge in [-0.3, -0.25) is 0 Å². The molecule has 0 aliphatic heterocycles. The summed E-state index contributed by atoms with van der Waals surface area (Å²) in [6.45, 7) is 6.38. The zero-order valence-corrected chi connectivity index (χ0v) is 15.0. The Balaban J connectivity index is 2.54. The van der Waals surface area contributed by atoms with E-state index in [9.17, 15) is 8.42 Å². The zero-order chi connectivity index (χ0) is 15.9. The molecular weight excluding hydrogens is 306 g/mol. The quantitative estimate of drug-likeness (QED) is 0.669. The first-order valence-corrected chi connectivity index (χ1v) is 9.62. The summed E-state index contributed by atoms with van der Waals surface area (Å²) in [6.07, 6.45) is 1.91. The maximum absolute atomic E-state index is 12.5. The van der Waals surface area contributed by atoms with Crippen molar-refractivity contribution < 1.29 is 8.42 Å².